The van der Waals surface area contributed by atoms with Gasteiger partial charge in [0, 0.05) is 35.5 Å². The number of aromatic amines is 1. The molecule has 0 aliphatic carbocycles. The molecule has 1 unspecified atom stereocenters. The Labute approximate surface area is 198 Å². The first-order chi connectivity index (χ1) is 16.4. The first kappa shape index (κ1) is 22.3. The molecule has 8 heteroatoms. The number of aliphatic hydroxyl groups is 1. The average molecular weight is 464 g/mol. The van der Waals surface area contributed by atoms with E-state index in [-0.39, 0.29) is 37.4 Å². The van der Waals surface area contributed by atoms with E-state index in [2.05, 4.69) is 4.98 Å². The van der Waals surface area contributed by atoms with Crippen molar-refractivity contribution in [2.45, 2.75) is 25.3 Å². The monoisotopic (exact) mass is 463 g/mol. The fourth-order valence-corrected chi connectivity index (χ4v) is 5.52. The number of aliphatic hydroxyl groups excluding tert-OH is 1. The lowest BCUT2D eigenvalue weighted by molar-refractivity contribution is -0.166. The van der Waals surface area contributed by atoms with E-state index in [1.54, 1.807) is 18.9 Å². The Morgan fingerprint density at radius 3 is 2.71 bits per heavy atom. The fraction of sp³-hybridized carbons (Fsp3) is 0.385. The van der Waals surface area contributed by atoms with Crippen molar-refractivity contribution in [3.8, 4) is 11.5 Å². The molecule has 34 heavy (non-hydrogen) atoms. The molecule has 5 rings (SSSR count). The minimum absolute atomic E-state index is 0.0479. The van der Waals surface area contributed by atoms with Crippen LogP contribution in [0.4, 0.5) is 0 Å². The van der Waals surface area contributed by atoms with Gasteiger partial charge in [0.2, 0.25) is 5.91 Å². The lowest BCUT2D eigenvalue weighted by atomic mass is 9.76. The molecule has 3 aromatic rings. The standard InChI is InChI=1S/C26H29N3O5/c1-4-34-23-16(9-7-11-20(23)33-3)18-14-29-21(31)15-28(12-13-30)25(32)26(29,2)24-22(18)17-8-5-6-10-19(17)27-24/h5-11,18,27,30H,4,12-15H2,1-3H3/t18?,26-/m0/s1. The number of piperazine rings is 1. The van der Waals surface area contributed by atoms with Crippen molar-refractivity contribution in [1.82, 2.24) is 14.8 Å². The zero-order valence-corrected chi connectivity index (χ0v) is 19.6. The number of methoxy groups -OCH3 is 1. The highest BCUT2D eigenvalue weighted by Gasteiger charge is 2.56. The molecule has 178 valence electrons. The summed E-state index contributed by atoms with van der Waals surface area (Å²) in [6.45, 7) is 4.40. The minimum atomic E-state index is -1.19. The van der Waals surface area contributed by atoms with Gasteiger partial charge in [-0.25, -0.2) is 0 Å². The largest absolute Gasteiger partial charge is 0.493 e. The van der Waals surface area contributed by atoms with Crippen LogP contribution in [0.25, 0.3) is 10.9 Å². The summed E-state index contributed by atoms with van der Waals surface area (Å²) in [7, 11) is 1.61. The van der Waals surface area contributed by atoms with E-state index in [1.165, 1.54) is 4.90 Å². The number of benzene rings is 2. The second-order valence-electron chi connectivity index (χ2n) is 8.85. The summed E-state index contributed by atoms with van der Waals surface area (Å²) in [4.78, 5) is 33.7. The van der Waals surface area contributed by atoms with E-state index in [4.69, 9.17) is 9.47 Å². The smallest absolute Gasteiger partial charge is 0.255 e. The van der Waals surface area contributed by atoms with Gasteiger partial charge in [0.15, 0.2) is 17.0 Å². The summed E-state index contributed by atoms with van der Waals surface area (Å²) in [6.07, 6.45) is 0. The lowest BCUT2D eigenvalue weighted by Gasteiger charge is -2.51. The van der Waals surface area contributed by atoms with E-state index >= 15 is 0 Å². The van der Waals surface area contributed by atoms with Crippen LogP contribution >= 0.6 is 0 Å². The molecule has 2 aliphatic heterocycles. The van der Waals surface area contributed by atoms with Gasteiger partial charge in [-0.2, -0.15) is 0 Å². The van der Waals surface area contributed by atoms with E-state index in [0.717, 1.165) is 22.0 Å². The molecule has 3 heterocycles. The second-order valence-corrected chi connectivity index (χ2v) is 8.85. The van der Waals surface area contributed by atoms with Crippen LogP contribution in [0, 0.1) is 0 Å². The maximum absolute atomic E-state index is 13.7. The number of aromatic nitrogens is 1. The number of nitrogens with zero attached hydrogens (tertiary/aromatic N) is 2. The molecule has 0 spiro atoms. The fourth-order valence-electron chi connectivity index (χ4n) is 5.52. The third-order valence-electron chi connectivity index (χ3n) is 7.08. The van der Waals surface area contributed by atoms with Crippen molar-refractivity contribution >= 4 is 22.7 Å². The molecule has 1 fully saturated rings. The van der Waals surface area contributed by atoms with Gasteiger partial charge in [-0.15, -0.1) is 0 Å². The van der Waals surface area contributed by atoms with Gasteiger partial charge >= 0.3 is 0 Å². The van der Waals surface area contributed by atoms with Crippen molar-refractivity contribution in [3.63, 3.8) is 0 Å². The number of rotatable bonds is 6. The number of carbonyl (C=O) groups is 2. The quantitative estimate of drug-likeness (QED) is 0.586. The molecule has 0 saturated carbocycles. The van der Waals surface area contributed by atoms with Crippen LogP contribution in [-0.2, 0) is 15.1 Å². The van der Waals surface area contributed by atoms with Gasteiger partial charge < -0.3 is 29.4 Å². The van der Waals surface area contributed by atoms with Crippen molar-refractivity contribution in [2.75, 3.05) is 40.0 Å². The number of hydrogen-bond donors (Lipinski definition) is 2. The predicted octanol–water partition coefficient (Wildman–Crippen LogP) is 2.60. The Morgan fingerprint density at radius 2 is 1.97 bits per heavy atom. The third-order valence-corrected chi connectivity index (χ3v) is 7.08. The maximum atomic E-state index is 13.7. The zero-order chi connectivity index (χ0) is 24.0. The van der Waals surface area contributed by atoms with Crippen LogP contribution in [0.15, 0.2) is 42.5 Å². The average Bonchev–Trinajstić information content (AvgIpc) is 3.24. The number of β-amino-alcohol motifs (C(OH)–C–C–N with tert-alkyl or cyclic N) is 1. The Kier molecular flexibility index (Phi) is 5.48. The topological polar surface area (TPSA) is 95.1 Å². The SMILES string of the molecule is CCOc1c(OC)cccc1C1CN2C(=O)CN(CCO)C(=O)[C@]2(C)c2[nH]c3ccccc3c21. The highest BCUT2D eigenvalue weighted by molar-refractivity contribution is 6.01. The minimum Gasteiger partial charge on any atom is -0.493 e. The lowest BCUT2D eigenvalue weighted by Crippen LogP contribution is -2.67. The van der Waals surface area contributed by atoms with Crippen LogP contribution < -0.4 is 9.47 Å². The van der Waals surface area contributed by atoms with Gasteiger partial charge in [-0.05, 0) is 31.5 Å². The number of amides is 2. The molecule has 2 N–H and O–H groups in total. The van der Waals surface area contributed by atoms with Crippen molar-refractivity contribution < 1.29 is 24.2 Å². The summed E-state index contributed by atoms with van der Waals surface area (Å²) in [5, 5.41) is 10.5. The zero-order valence-electron chi connectivity index (χ0n) is 19.6. The van der Waals surface area contributed by atoms with Crippen LogP contribution in [0.3, 0.4) is 0 Å². The number of fused-ring (bicyclic) bond motifs is 5. The van der Waals surface area contributed by atoms with E-state index < -0.39 is 5.54 Å². The highest BCUT2D eigenvalue weighted by Crippen LogP contribution is 2.50. The van der Waals surface area contributed by atoms with Crippen LogP contribution in [0.1, 0.15) is 36.6 Å². The normalized spacial score (nSPS) is 22.1. The van der Waals surface area contributed by atoms with Crippen molar-refractivity contribution in [3.05, 3.63) is 59.3 Å². The Bertz CT molecular complexity index is 1270. The summed E-state index contributed by atoms with van der Waals surface area (Å²) in [5.41, 5.74) is 2.31. The summed E-state index contributed by atoms with van der Waals surface area (Å²) in [6, 6.07) is 13.7. The van der Waals surface area contributed by atoms with Crippen molar-refractivity contribution in [2.24, 2.45) is 0 Å². The molecule has 8 nitrogen and oxygen atoms in total. The Hall–Kier alpha value is -3.52. The van der Waals surface area contributed by atoms with Gasteiger partial charge in [0.1, 0.15) is 0 Å². The number of nitrogens with one attached hydrogen (secondary N) is 1. The van der Waals surface area contributed by atoms with E-state index in [9.17, 15) is 14.7 Å². The first-order valence-electron chi connectivity index (χ1n) is 11.6. The van der Waals surface area contributed by atoms with Crippen LogP contribution in [0.2, 0.25) is 0 Å². The predicted molar refractivity (Wildman–Crippen MR) is 127 cm³/mol. The molecule has 0 bridgehead atoms. The van der Waals surface area contributed by atoms with Gasteiger partial charge in [0.25, 0.3) is 5.91 Å². The van der Waals surface area contributed by atoms with E-state index in [1.807, 2.05) is 49.4 Å². The summed E-state index contributed by atoms with van der Waals surface area (Å²) < 4.78 is 11.6. The van der Waals surface area contributed by atoms with E-state index in [0.29, 0.717) is 30.3 Å². The Balaban J connectivity index is 1.78. The molecular formula is C26H29N3O5. The van der Waals surface area contributed by atoms with Crippen LogP contribution in [-0.4, -0.2) is 71.7 Å². The molecule has 2 amide bonds. The molecule has 0 radical (unpaired) electrons. The van der Waals surface area contributed by atoms with Crippen LogP contribution in [0.5, 0.6) is 11.5 Å². The summed E-state index contributed by atoms with van der Waals surface area (Å²) in [5.74, 6) is 0.713. The molecule has 2 aromatic carbocycles. The van der Waals surface area contributed by atoms with Gasteiger partial charge in [-0.1, -0.05) is 30.3 Å². The van der Waals surface area contributed by atoms with Gasteiger partial charge in [0.05, 0.1) is 32.6 Å². The highest BCUT2D eigenvalue weighted by atomic mass is 16.5. The molecule has 1 aromatic heterocycles. The second kappa shape index (κ2) is 8.36. The molecule has 2 aliphatic rings. The molecule has 2 atom stereocenters. The summed E-state index contributed by atoms with van der Waals surface area (Å²) >= 11 is 0. The number of carbonyl (C=O) groups excluding carboxylic acids is 2. The number of para-hydroxylation sites is 2. The molecular weight excluding hydrogens is 434 g/mol. The van der Waals surface area contributed by atoms with Gasteiger partial charge in [-0.3, -0.25) is 9.59 Å². The molecule has 1 saturated heterocycles. The Morgan fingerprint density at radius 1 is 1.18 bits per heavy atom. The maximum Gasteiger partial charge on any atom is 0.255 e. The number of H-pyrrole nitrogens is 1. The third kappa shape index (κ3) is 3.09. The number of hydrogen-bond acceptors (Lipinski definition) is 5. The number of ether oxygens (including phenoxy) is 2. The first-order valence-corrected chi connectivity index (χ1v) is 11.6. The van der Waals surface area contributed by atoms with Crippen molar-refractivity contribution in [1.29, 1.82) is 0 Å².